The molecule has 0 bridgehead atoms. The molecular weight excluding hydrogens is 326 g/mol. The summed E-state index contributed by atoms with van der Waals surface area (Å²) in [6.45, 7) is 3.97. The highest BCUT2D eigenvalue weighted by atomic mass is 35.5. The number of benzene rings is 2. The van der Waals surface area contributed by atoms with Gasteiger partial charge in [-0.05, 0) is 37.1 Å². The molecule has 0 aliphatic heterocycles. The van der Waals surface area contributed by atoms with Crippen molar-refractivity contribution < 1.29 is 9.21 Å². The normalized spacial score (nSPS) is 10.6. The van der Waals surface area contributed by atoms with Crippen molar-refractivity contribution in [2.75, 3.05) is 5.32 Å². The molecule has 0 unspecified atom stereocenters. The largest absolute Gasteiger partial charge is 0.403 e. The number of aryl methyl sites for hydroxylation is 2. The molecule has 1 amide bonds. The number of aromatic nitrogens is 2. The number of halogens is 1. The van der Waals surface area contributed by atoms with Crippen LogP contribution in [0.4, 0.5) is 6.01 Å². The van der Waals surface area contributed by atoms with Gasteiger partial charge in [0.15, 0.2) is 0 Å². The Morgan fingerprint density at radius 1 is 1.17 bits per heavy atom. The summed E-state index contributed by atoms with van der Waals surface area (Å²) < 4.78 is 5.47. The first-order valence-electron chi connectivity index (χ1n) is 7.47. The summed E-state index contributed by atoms with van der Waals surface area (Å²) in [5.41, 5.74) is 3.78. The van der Waals surface area contributed by atoms with E-state index < -0.39 is 0 Å². The molecule has 0 spiro atoms. The summed E-state index contributed by atoms with van der Waals surface area (Å²) in [5.74, 6) is 0.0562. The molecule has 3 aromatic rings. The Balaban J connectivity index is 1.72. The number of nitrogens with one attached hydrogen (secondary N) is 1. The lowest BCUT2D eigenvalue weighted by molar-refractivity contribution is -0.115. The third-order valence-electron chi connectivity index (χ3n) is 3.63. The minimum atomic E-state index is -0.210. The molecule has 24 heavy (non-hydrogen) atoms. The van der Waals surface area contributed by atoms with Crippen LogP contribution < -0.4 is 5.32 Å². The van der Waals surface area contributed by atoms with Gasteiger partial charge in [0, 0.05) is 0 Å². The SMILES string of the molecule is Cc1ccc(C)c(CC(=O)Nc2nnc(-c3ccccc3Cl)o2)c1. The maximum absolute atomic E-state index is 12.2. The number of nitrogens with zero attached hydrogens (tertiary/aromatic N) is 2. The van der Waals surface area contributed by atoms with E-state index in [4.69, 9.17) is 16.0 Å². The third-order valence-corrected chi connectivity index (χ3v) is 3.96. The van der Waals surface area contributed by atoms with E-state index in [1.54, 1.807) is 12.1 Å². The van der Waals surface area contributed by atoms with E-state index in [9.17, 15) is 4.79 Å². The average molecular weight is 342 g/mol. The fourth-order valence-corrected chi connectivity index (χ4v) is 2.56. The lowest BCUT2D eigenvalue weighted by Crippen LogP contribution is -2.15. The molecule has 0 aliphatic rings. The van der Waals surface area contributed by atoms with Gasteiger partial charge in [0.05, 0.1) is 17.0 Å². The lowest BCUT2D eigenvalue weighted by Gasteiger charge is -2.06. The van der Waals surface area contributed by atoms with Crippen molar-refractivity contribution >= 4 is 23.5 Å². The van der Waals surface area contributed by atoms with E-state index in [0.29, 0.717) is 10.6 Å². The molecule has 5 nitrogen and oxygen atoms in total. The van der Waals surface area contributed by atoms with Gasteiger partial charge in [0.25, 0.3) is 5.89 Å². The highest BCUT2D eigenvalue weighted by molar-refractivity contribution is 6.33. The van der Waals surface area contributed by atoms with Gasteiger partial charge in [-0.2, -0.15) is 0 Å². The standard InChI is InChI=1S/C18H16ClN3O2/c1-11-7-8-12(2)13(9-11)10-16(23)20-18-22-21-17(24-18)14-5-3-4-6-15(14)19/h3-9H,10H2,1-2H3,(H,20,22,23). The van der Waals surface area contributed by atoms with Gasteiger partial charge in [0.2, 0.25) is 5.91 Å². The van der Waals surface area contributed by atoms with Crippen molar-refractivity contribution in [3.63, 3.8) is 0 Å². The number of amides is 1. The molecule has 2 aromatic carbocycles. The average Bonchev–Trinajstić information content (AvgIpc) is 2.99. The van der Waals surface area contributed by atoms with Gasteiger partial charge in [-0.15, -0.1) is 5.10 Å². The summed E-state index contributed by atoms with van der Waals surface area (Å²) in [5, 5.41) is 10.9. The molecule has 3 rings (SSSR count). The van der Waals surface area contributed by atoms with Crippen molar-refractivity contribution in [3.05, 3.63) is 64.2 Å². The van der Waals surface area contributed by atoms with E-state index in [1.807, 2.05) is 44.2 Å². The van der Waals surface area contributed by atoms with Crippen LogP contribution in [0.1, 0.15) is 16.7 Å². The molecule has 6 heteroatoms. The Kier molecular flexibility index (Phi) is 4.62. The van der Waals surface area contributed by atoms with Gasteiger partial charge >= 0.3 is 6.01 Å². The van der Waals surface area contributed by atoms with Gasteiger partial charge in [0.1, 0.15) is 0 Å². The number of hydrogen-bond acceptors (Lipinski definition) is 4. The minimum absolute atomic E-state index is 0.0558. The van der Waals surface area contributed by atoms with Crippen LogP contribution in [0.5, 0.6) is 0 Å². The summed E-state index contributed by atoms with van der Waals surface area (Å²) in [6, 6.07) is 13.2. The molecule has 1 N–H and O–H groups in total. The predicted octanol–water partition coefficient (Wildman–Crippen LogP) is 4.19. The number of rotatable bonds is 4. The van der Waals surface area contributed by atoms with Gasteiger partial charge in [-0.25, -0.2) is 0 Å². The maximum atomic E-state index is 12.2. The van der Waals surface area contributed by atoms with E-state index in [0.717, 1.165) is 16.7 Å². The van der Waals surface area contributed by atoms with Crippen LogP contribution in [0.2, 0.25) is 5.02 Å². The highest BCUT2D eigenvalue weighted by Crippen LogP contribution is 2.27. The highest BCUT2D eigenvalue weighted by Gasteiger charge is 2.14. The van der Waals surface area contributed by atoms with Crippen LogP contribution in [0.15, 0.2) is 46.9 Å². The second-order valence-electron chi connectivity index (χ2n) is 5.55. The van der Waals surface area contributed by atoms with Crippen molar-refractivity contribution in [2.24, 2.45) is 0 Å². The van der Waals surface area contributed by atoms with Crippen molar-refractivity contribution in [2.45, 2.75) is 20.3 Å². The van der Waals surface area contributed by atoms with E-state index in [1.165, 1.54) is 0 Å². The number of hydrogen-bond donors (Lipinski definition) is 1. The van der Waals surface area contributed by atoms with Crippen molar-refractivity contribution in [1.29, 1.82) is 0 Å². The molecule has 0 saturated heterocycles. The Hall–Kier alpha value is -2.66. The molecule has 0 radical (unpaired) electrons. The van der Waals surface area contributed by atoms with Crippen LogP contribution in [-0.2, 0) is 11.2 Å². The second kappa shape index (κ2) is 6.84. The Bertz CT molecular complexity index is 889. The lowest BCUT2D eigenvalue weighted by atomic mass is 10.0. The smallest absolute Gasteiger partial charge is 0.322 e. The second-order valence-corrected chi connectivity index (χ2v) is 5.95. The van der Waals surface area contributed by atoms with Crippen LogP contribution >= 0.6 is 11.6 Å². The van der Waals surface area contributed by atoms with Crippen LogP contribution in [0.25, 0.3) is 11.5 Å². The van der Waals surface area contributed by atoms with E-state index in [2.05, 4.69) is 15.5 Å². The Morgan fingerprint density at radius 3 is 2.75 bits per heavy atom. The van der Waals surface area contributed by atoms with Crippen molar-refractivity contribution in [3.8, 4) is 11.5 Å². The number of carbonyl (C=O) groups is 1. The Morgan fingerprint density at radius 2 is 1.96 bits per heavy atom. The Labute approximate surface area is 144 Å². The van der Waals surface area contributed by atoms with Crippen LogP contribution in [0, 0.1) is 13.8 Å². The number of anilines is 1. The topological polar surface area (TPSA) is 68.0 Å². The third kappa shape index (κ3) is 3.63. The fraction of sp³-hybridized carbons (Fsp3) is 0.167. The van der Waals surface area contributed by atoms with Crippen LogP contribution in [-0.4, -0.2) is 16.1 Å². The van der Waals surface area contributed by atoms with E-state index >= 15 is 0 Å². The monoisotopic (exact) mass is 341 g/mol. The summed E-state index contributed by atoms with van der Waals surface area (Å²) >= 11 is 6.10. The van der Waals surface area contributed by atoms with Gasteiger partial charge < -0.3 is 4.42 Å². The zero-order chi connectivity index (χ0) is 17.1. The molecule has 1 aromatic heterocycles. The number of carbonyl (C=O) groups excluding carboxylic acids is 1. The predicted molar refractivity (Wildman–Crippen MR) is 93.0 cm³/mol. The zero-order valence-electron chi connectivity index (χ0n) is 13.3. The molecule has 0 fully saturated rings. The molecule has 0 atom stereocenters. The molecule has 122 valence electrons. The van der Waals surface area contributed by atoms with Gasteiger partial charge in [-0.3, -0.25) is 10.1 Å². The van der Waals surface area contributed by atoms with Gasteiger partial charge in [-0.1, -0.05) is 52.6 Å². The summed E-state index contributed by atoms with van der Waals surface area (Å²) in [7, 11) is 0. The van der Waals surface area contributed by atoms with Crippen molar-refractivity contribution in [1.82, 2.24) is 10.2 Å². The first kappa shape index (κ1) is 16.2. The quantitative estimate of drug-likeness (QED) is 0.772. The molecular formula is C18H16ClN3O2. The fourth-order valence-electron chi connectivity index (χ4n) is 2.34. The molecule has 0 saturated carbocycles. The minimum Gasteiger partial charge on any atom is -0.403 e. The summed E-state index contributed by atoms with van der Waals surface area (Å²) in [6.07, 6.45) is 0.247. The molecule has 1 heterocycles. The van der Waals surface area contributed by atoms with Crippen LogP contribution in [0.3, 0.4) is 0 Å². The first-order valence-corrected chi connectivity index (χ1v) is 7.85. The summed E-state index contributed by atoms with van der Waals surface area (Å²) in [4.78, 5) is 12.2. The first-order chi connectivity index (χ1) is 11.5. The van der Waals surface area contributed by atoms with E-state index in [-0.39, 0.29) is 24.2 Å². The zero-order valence-corrected chi connectivity index (χ0v) is 14.1. The molecule has 0 aliphatic carbocycles. The maximum Gasteiger partial charge on any atom is 0.322 e.